The molecule has 3 aliphatic heterocycles. The number of hydrogen-bond donors (Lipinski definition) is 1. The van der Waals surface area contributed by atoms with Crippen molar-refractivity contribution < 1.29 is 9.53 Å². The summed E-state index contributed by atoms with van der Waals surface area (Å²) in [5.74, 6) is 1.19. The number of ether oxygens (including phenoxy) is 1. The van der Waals surface area contributed by atoms with Gasteiger partial charge in [0.05, 0.1) is 18.6 Å². The SMILES string of the molecule is COc1ccc(C)cc1C(=S)NC1C2CCN(CC2C(=O)N(C)C)C1C(c1ccccc1)c1ccccc1. The van der Waals surface area contributed by atoms with Gasteiger partial charge in [-0.05, 0) is 49.1 Å². The molecule has 6 heteroatoms. The number of methoxy groups -OCH3 is 1. The van der Waals surface area contributed by atoms with Crippen LogP contribution in [0.1, 0.15) is 34.6 Å². The zero-order valence-corrected chi connectivity index (χ0v) is 23.4. The van der Waals surface area contributed by atoms with Crippen molar-refractivity contribution in [2.75, 3.05) is 34.3 Å². The molecule has 38 heavy (non-hydrogen) atoms. The number of thiocarbonyl (C=S) groups is 1. The van der Waals surface area contributed by atoms with Crippen LogP contribution in [0.15, 0.2) is 78.9 Å². The zero-order chi connectivity index (χ0) is 26.8. The molecule has 1 N–H and O–H groups in total. The van der Waals surface area contributed by atoms with Gasteiger partial charge in [-0.25, -0.2) is 0 Å². The number of rotatable bonds is 7. The van der Waals surface area contributed by atoms with Gasteiger partial charge in [0.15, 0.2) is 0 Å². The maximum absolute atomic E-state index is 13.4. The molecule has 0 spiro atoms. The maximum Gasteiger partial charge on any atom is 0.226 e. The number of hydrogen-bond acceptors (Lipinski definition) is 4. The van der Waals surface area contributed by atoms with E-state index < -0.39 is 0 Å². The zero-order valence-electron chi connectivity index (χ0n) is 22.6. The third-order valence-corrected chi connectivity index (χ3v) is 8.60. The summed E-state index contributed by atoms with van der Waals surface area (Å²) in [6.45, 7) is 3.80. The average Bonchev–Trinajstić information content (AvgIpc) is 2.95. The molecule has 0 aromatic heterocycles. The van der Waals surface area contributed by atoms with Gasteiger partial charge in [-0.2, -0.15) is 0 Å². The molecule has 3 heterocycles. The van der Waals surface area contributed by atoms with Gasteiger partial charge >= 0.3 is 0 Å². The van der Waals surface area contributed by atoms with Crippen molar-refractivity contribution in [3.63, 3.8) is 0 Å². The Kier molecular flexibility index (Phi) is 7.82. The van der Waals surface area contributed by atoms with Gasteiger partial charge in [0, 0.05) is 38.6 Å². The summed E-state index contributed by atoms with van der Waals surface area (Å²) in [6.07, 6.45) is 0.961. The van der Waals surface area contributed by atoms with Gasteiger partial charge in [-0.1, -0.05) is 84.5 Å². The van der Waals surface area contributed by atoms with Crippen molar-refractivity contribution >= 4 is 23.1 Å². The average molecular weight is 528 g/mol. The lowest BCUT2D eigenvalue weighted by Crippen LogP contribution is -2.69. The van der Waals surface area contributed by atoms with Crippen molar-refractivity contribution in [2.24, 2.45) is 11.8 Å². The standard InChI is InChI=1S/C32H37N3O2S/c1-21-15-16-27(37-4)25(19-21)31(38)33-29-24-17-18-35(20-26(24)32(36)34(2)3)30(29)28(22-11-7-5-8-12-22)23-13-9-6-10-14-23/h5-16,19,24,26,28-30H,17-18,20H2,1-4H3,(H,33,38). The minimum Gasteiger partial charge on any atom is -0.496 e. The molecule has 3 saturated heterocycles. The second-order valence-corrected chi connectivity index (χ2v) is 11.2. The molecule has 6 rings (SSSR count). The Bertz CT molecular complexity index is 1240. The number of aryl methyl sites for hydroxylation is 1. The van der Waals surface area contributed by atoms with E-state index in [2.05, 4.69) is 83.9 Å². The maximum atomic E-state index is 13.4. The summed E-state index contributed by atoms with van der Waals surface area (Å²) in [4.78, 5) is 18.3. The summed E-state index contributed by atoms with van der Waals surface area (Å²) in [6, 6.07) is 27.7. The molecule has 5 nitrogen and oxygen atoms in total. The molecular formula is C32H37N3O2S. The summed E-state index contributed by atoms with van der Waals surface area (Å²) < 4.78 is 5.68. The Balaban J connectivity index is 1.59. The third kappa shape index (κ3) is 5.07. The molecule has 1 amide bonds. The number of carbonyl (C=O) groups excluding carboxylic acids is 1. The first-order chi connectivity index (χ1) is 18.4. The van der Waals surface area contributed by atoms with Crippen LogP contribution in [0.3, 0.4) is 0 Å². The largest absolute Gasteiger partial charge is 0.496 e. The summed E-state index contributed by atoms with van der Waals surface area (Å²) >= 11 is 6.05. The normalized spacial score (nSPS) is 24.2. The quantitative estimate of drug-likeness (QED) is 0.444. The van der Waals surface area contributed by atoms with Crippen molar-refractivity contribution in [3.8, 4) is 5.75 Å². The molecule has 2 bridgehead atoms. The minimum absolute atomic E-state index is 0.00506. The van der Waals surface area contributed by atoms with Crippen LogP contribution in [0.4, 0.5) is 0 Å². The van der Waals surface area contributed by atoms with E-state index in [1.165, 1.54) is 11.1 Å². The topological polar surface area (TPSA) is 44.8 Å². The van der Waals surface area contributed by atoms with Crippen molar-refractivity contribution in [3.05, 3.63) is 101 Å². The van der Waals surface area contributed by atoms with E-state index >= 15 is 0 Å². The second kappa shape index (κ2) is 11.3. The first-order valence-electron chi connectivity index (χ1n) is 13.4. The van der Waals surface area contributed by atoms with E-state index in [1.807, 2.05) is 26.2 Å². The second-order valence-electron chi connectivity index (χ2n) is 10.8. The lowest BCUT2D eigenvalue weighted by atomic mass is 9.66. The van der Waals surface area contributed by atoms with Crippen LogP contribution in [0.25, 0.3) is 0 Å². The van der Waals surface area contributed by atoms with Crippen molar-refractivity contribution in [1.82, 2.24) is 15.1 Å². The summed E-state index contributed by atoms with van der Waals surface area (Å²) in [7, 11) is 5.40. The lowest BCUT2D eigenvalue weighted by molar-refractivity contribution is -0.143. The Hall–Kier alpha value is -3.22. The van der Waals surface area contributed by atoms with Gasteiger partial charge in [-0.3, -0.25) is 9.69 Å². The Morgan fingerprint density at radius 1 is 1.03 bits per heavy atom. The van der Waals surface area contributed by atoms with Crippen LogP contribution < -0.4 is 10.1 Å². The van der Waals surface area contributed by atoms with E-state index in [0.29, 0.717) is 4.99 Å². The molecule has 3 aromatic rings. The Labute approximate surface area is 231 Å². The third-order valence-electron chi connectivity index (χ3n) is 8.26. The smallest absolute Gasteiger partial charge is 0.226 e. The van der Waals surface area contributed by atoms with Gasteiger partial charge in [0.25, 0.3) is 0 Å². The number of benzene rings is 3. The van der Waals surface area contributed by atoms with Crippen LogP contribution in [0.5, 0.6) is 5.75 Å². The fourth-order valence-electron chi connectivity index (χ4n) is 6.52. The monoisotopic (exact) mass is 527 g/mol. The van der Waals surface area contributed by atoms with Crippen LogP contribution in [-0.2, 0) is 4.79 Å². The predicted molar refractivity (Wildman–Crippen MR) is 157 cm³/mol. The molecule has 0 radical (unpaired) electrons. The summed E-state index contributed by atoms with van der Waals surface area (Å²) in [5, 5.41) is 3.80. The first-order valence-corrected chi connectivity index (χ1v) is 13.8. The van der Waals surface area contributed by atoms with E-state index in [0.717, 1.165) is 36.4 Å². The number of nitrogens with zero attached hydrogens (tertiary/aromatic N) is 2. The Morgan fingerprint density at radius 2 is 1.66 bits per heavy atom. The fourth-order valence-corrected chi connectivity index (χ4v) is 6.81. The highest BCUT2D eigenvalue weighted by atomic mass is 32.1. The molecule has 3 fully saturated rings. The number of amides is 1. The highest BCUT2D eigenvalue weighted by Crippen LogP contribution is 2.45. The van der Waals surface area contributed by atoms with Crippen LogP contribution in [-0.4, -0.2) is 67.1 Å². The van der Waals surface area contributed by atoms with E-state index in [-0.39, 0.29) is 35.7 Å². The van der Waals surface area contributed by atoms with Gasteiger partial charge in [-0.15, -0.1) is 0 Å². The lowest BCUT2D eigenvalue weighted by Gasteiger charge is -2.57. The Morgan fingerprint density at radius 3 is 2.24 bits per heavy atom. The van der Waals surface area contributed by atoms with Crippen LogP contribution >= 0.6 is 12.2 Å². The molecule has 3 aromatic carbocycles. The minimum atomic E-state index is -0.0677. The van der Waals surface area contributed by atoms with E-state index in [1.54, 1.807) is 12.0 Å². The van der Waals surface area contributed by atoms with Crippen LogP contribution in [0, 0.1) is 18.8 Å². The van der Waals surface area contributed by atoms with Gasteiger partial charge in [0.1, 0.15) is 10.7 Å². The molecule has 0 aliphatic carbocycles. The molecule has 5 unspecified atom stereocenters. The number of carbonyl (C=O) groups is 1. The van der Waals surface area contributed by atoms with Crippen LogP contribution in [0.2, 0.25) is 0 Å². The number of fused-ring (bicyclic) bond motifs is 3. The molecule has 5 atom stereocenters. The van der Waals surface area contributed by atoms with E-state index in [4.69, 9.17) is 17.0 Å². The number of piperidine rings is 3. The van der Waals surface area contributed by atoms with Crippen molar-refractivity contribution in [2.45, 2.75) is 31.3 Å². The number of nitrogens with one attached hydrogen (secondary N) is 1. The molecule has 3 aliphatic rings. The van der Waals surface area contributed by atoms with Gasteiger partial charge in [0.2, 0.25) is 5.91 Å². The van der Waals surface area contributed by atoms with Gasteiger partial charge < -0.3 is 15.0 Å². The molecule has 198 valence electrons. The molecular weight excluding hydrogens is 490 g/mol. The predicted octanol–water partition coefficient (Wildman–Crippen LogP) is 4.88. The summed E-state index contributed by atoms with van der Waals surface area (Å²) in [5.41, 5.74) is 4.57. The molecule has 0 saturated carbocycles. The first kappa shape index (κ1) is 26.4. The highest BCUT2D eigenvalue weighted by Gasteiger charge is 2.53. The highest BCUT2D eigenvalue weighted by molar-refractivity contribution is 7.80. The van der Waals surface area contributed by atoms with E-state index in [9.17, 15) is 4.79 Å². The van der Waals surface area contributed by atoms with Crippen molar-refractivity contribution in [1.29, 1.82) is 0 Å². The fraction of sp³-hybridized carbons (Fsp3) is 0.375.